The van der Waals surface area contributed by atoms with Crippen molar-refractivity contribution in [1.29, 1.82) is 0 Å². The van der Waals surface area contributed by atoms with Crippen LogP contribution < -0.4 is 10.1 Å². The number of carbonyl (C=O) groups is 1. The summed E-state index contributed by atoms with van der Waals surface area (Å²) in [5, 5.41) is 9.93. The van der Waals surface area contributed by atoms with E-state index in [4.69, 9.17) is 4.74 Å². The maximum Gasteiger partial charge on any atom is 0.274 e. The number of benzene rings is 1. The van der Waals surface area contributed by atoms with E-state index >= 15 is 0 Å². The first kappa shape index (κ1) is 17.8. The van der Waals surface area contributed by atoms with E-state index in [2.05, 4.69) is 15.6 Å². The third-order valence-corrected chi connectivity index (χ3v) is 3.85. The van der Waals surface area contributed by atoms with Gasteiger partial charge < -0.3 is 10.1 Å². The molecule has 24 heavy (non-hydrogen) atoms. The Morgan fingerprint density at radius 1 is 1.29 bits per heavy atom. The molecule has 0 spiro atoms. The van der Waals surface area contributed by atoms with Crippen molar-refractivity contribution in [1.82, 2.24) is 20.3 Å². The van der Waals surface area contributed by atoms with E-state index in [0.717, 1.165) is 0 Å². The molecule has 2 aromatic rings. The first-order valence-electron chi connectivity index (χ1n) is 7.47. The average Bonchev–Trinajstić information content (AvgIpc) is 3.04. The van der Waals surface area contributed by atoms with E-state index in [-0.39, 0.29) is 12.1 Å². The average molecular weight is 338 g/mol. The van der Waals surface area contributed by atoms with Crippen LogP contribution in [-0.2, 0) is 0 Å². The quantitative estimate of drug-likeness (QED) is 0.879. The van der Waals surface area contributed by atoms with Gasteiger partial charge in [-0.25, -0.2) is 13.5 Å². The Bertz CT molecular complexity index is 711. The molecular weight excluding hydrogens is 318 g/mol. The second-order valence-corrected chi connectivity index (χ2v) is 5.88. The van der Waals surface area contributed by atoms with Gasteiger partial charge in [0.05, 0.1) is 24.5 Å². The number of halogens is 2. The van der Waals surface area contributed by atoms with Gasteiger partial charge >= 0.3 is 0 Å². The van der Waals surface area contributed by atoms with E-state index in [1.54, 1.807) is 31.4 Å². The highest BCUT2D eigenvalue weighted by Crippen LogP contribution is 2.31. The zero-order valence-corrected chi connectivity index (χ0v) is 14.0. The molecule has 0 aliphatic carbocycles. The molecule has 0 radical (unpaired) electrons. The van der Waals surface area contributed by atoms with Gasteiger partial charge in [-0.15, -0.1) is 5.10 Å². The number of rotatable bonds is 6. The maximum absolute atomic E-state index is 13.9. The van der Waals surface area contributed by atoms with Crippen molar-refractivity contribution < 1.29 is 18.3 Å². The van der Waals surface area contributed by atoms with Crippen LogP contribution in [0.3, 0.4) is 0 Å². The van der Waals surface area contributed by atoms with Crippen LogP contribution in [0, 0.1) is 0 Å². The van der Waals surface area contributed by atoms with Gasteiger partial charge in [-0.2, -0.15) is 0 Å². The summed E-state index contributed by atoms with van der Waals surface area (Å²) in [5.41, 5.74) is -1.06. The fourth-order valence-corrected chi connectivity index (χ4v) is 2.11. The Labute approximate surface area is 138 Å². The van der Waals surface area contributed by atoms with Gasteiger partial charge in [0.15, 0.2) is 5.69 Å². The summed E-state index contributed by atoms with van der Waals surface area (Å²) < 4.78 is 34.2. The van der Waals surface area contributed by atoms with Gasteiger partial charge in [0.25, 0.3) is 11.8 Å². The Balaban J connectivity index is 2.16. The van der Waals surface area contributed by atoms with E-state index in [0.29, 0.717) is 11.4 Å². The molecule has 130 valence electrons. The van der Waals surface area contributed by atoms with E-state index in [9.17, 15) is 13.6 Å². The topological polar surface area (TPSA) is 69.0 Å². The zero-order chi connectivity index (χ0) is 18.0. The van der Waals surface area contributed by atoms with Crippen molar-refractivity contribution in [2.45, 2.75) is 38.7 Å². The van der Waals surface area contributed by atoms with Crippen LogP contribution in [0.2, 0.25) is 0 Å². The molecule has 6 nitrogen and oxygen atoms in total. The summed E-state index contributed by atoms with van der Waals surface area (Å²) in [6.07, 6.45) is 1.01. The van der Waals surface area contributed by atoms with Crippen molar-refractivity contribution in [3.8, 4) is 11.4 Å². The van der Waals surface area contributed by atoms with Crippen molar-refractivity contribution in [3.63, 3.8) is 0 Å². The molecule has 8 heteroatoms. The zero-order valence-electron chi connectivity index (χ0n) is 14.0. The van der Waals surface area contributed by atoms with Crippen molar-refractivity contribution >= 4 is 5.91 Å². The fraction of sp³-hybridized carbons (Fsp3) is 0.438. The van der Waals surface area contributed by atoms with E-state index in [1.165, 1.54) is 31.6 Å². The predicted molar refractivity (Wildman–Crippen MR) is 84.7 cm³/mol. The smallest absolute Gasteiger partial charge is 0.274 e. The van der Waals surface area contributed by atoms with Gasteiger partial charge in [-0.05, 0) is 38.1 Å². The Hall–Kier alpha value is -2.51. The van der Waals surface area contributed by atoms with Crippen LogP contribution in [0.1, 0.15) is 37.7 Å². The maximum atomic E-state index is 13.9. The molecule has 0 saturated carbocycles. The van der Waals surface area contributed by atoms with E-state index < -0.39 is 17.4 Å². The molecule has 0 aliphatic rings. The minimum atomic E-state index is -3.03. The summed E-state index contributed by atoms with van der Waals surface area (Å²) in [6, 6.07) is 6.96. The normalized spacial score (nSPS) is 12.1. The molecular formula is C16H20F2N4O2. The first-order chi connectivity index (χ1) is 11.2. The Kier molecular flexibility index (Phi) is 4.86. The number of hydrogen-bond donors (Lipinski definition) is 1. The minimum absolute atomic E-state index is 0.0363. The number of nitrogens with one attached hydrogen (secondary N) is 1. The van der Waals surface area contributed by atoms with Crippen LogP contribution in [0.5, 0.6) is 5.75 Å². The number of nitrogens with zero attached hydrogens (tertiary/aromatic N) is 3. The second kappa shape index (κ2) is 6.54. The number of methoxy groups -OCH3 is 1. The lowest BCUT2D eigenvalue weighted by molar-refractivity contribution is -0.0749. The molecule has 2 rings (SSSR count). The van der Waals surface area contributed by atoms with Crippen molar-refractivity contribution in [2.24, 2.45) is 0 Å². The molecule has 0 saturated heterocycles. The highest BCUT2D eigenvalue weighted by Gasteiger charge is 2.46. The molecule has 0 bridgehead atoms. The minimum Gasteiger partial charge on any atom is -0.497 e. The van der Waals surface area contributed by atoms with E-state index in [1.807, 2.05) is 0 Å². The fourth-order valence-electron chi connectivity index (χ4n) is 2.11. The third-order valence-electron chi connectivity index (χ3n) is 3.85. The molecule has 0 unspecified atom stereocenters. The number of ether oxygens (including phenoxy) is 1. The molecule has 1 aromatic heterocycles. The van der Waals surface area contributed by atoms with Gasteiger partial charge in [-0.1, -0.05) is 12.1 Å². The Morgan fingerprint density at radius 3 is 2.46 bits per heavy atom. The molecule has 0 fully saturated rings. The first-order valence-corrected chi connectivity index (χ1v) is 7.47. The summed E-state index contributed by atoms with van der Waals surface area (Å²) in [4.78, 5) is 12.2. The molecule has 1 amide bonds. The third kappa shape index (κ3) is 3.52. The van der Waals surface area contributed by atoms with Crippen molar-refractivity contribution in [3.05, 3.63) is 36.2 Å². The van der Waals surface area contributed by atoms with Crippen LogP contribution in [0.25, 0.3) is 5.69 Å². The summed E-state index contributed by atoms with van der Waals surface area (Å²) >= 11 is 0. The number of carbonyl (C=O) groups excluding carboxylic acids is 1. The highest BCUT2D eigenvalue weighted by atomic mass is 19.3. The van der Waals surface area contributed by atoms with Crippen molar-refractivity contribution in [2.75, 3.05) is 7.11 Å². The molecule has 0 aliphatic heterocycles. The molecule has 1 heterocycles. The Morgan fingerprint density at radius 2 is 1.92 bits per heavy atom. The van der Waals surface area contributed by atoms with Crippen LogP contribution in [0.4, 0.5) is 8.78 Å². The van der Waals surface area contributed by atoms with Gasteiger partial charge in [0.2, 0.25) is 0 Å². The summed E-state index contributed by atoms with van der Waals surface area (Å²) in [7, 11) is 1.56. The lowest BCUT2D eigenvalue weighted by Crippen LogP contribution is -2.56. The largest absolute Gasteiger partial charge is 0.497 e. The molecule has 0 atom stereocenters. The number of amides is 1. The van der Waals surface area contributed by atoms with Crippen LogP contribution in [-0.4, -0.2) is 39.5 Å². The molecule has 1 aromatic carbocycles. The monoisotopic (exact) mass is 338 g/mol. The summed E-state index contributed by atoms with van der Waals surface area (Å²) in [6.45, 7) is 3.93. The SMILES string of the molecule is CCC(F)(F)C(C)(C)NC(=O)c1cn(-c2ccc(OC)cc2)nn1. The summed E-state index contributed by atoms with van der Waals surface area (Å²) in [5.74, 6) is -3.05. The number of alkyl halides is 2. The standard InChI is InChI=1S/C16H20F2N4O2/c1-5-16(17,18)15(2,3)19-14(23)13-10-22(21-20-13)11-6-8-12(24-4)9-7-11/h6-10H,5H2,1-4H3,(H,19,23). The molecule has 1 N–H and O–H groups in total. The number of aromatic nitrogens is 3. The van der Waals surface area contributed by atoms with Gasteiger partial charge in [0.1, 0.15) is 5.75 Å². The van der Waals surface area contributed by atoms with Crippen LogP contribution in [0.15, 0.2) is 30.5 Å². The number of hydrogen-bond acceptors (Lipinski definition) is 4. The van der Waals surface area contributed by atoms with Gasteiger partial charge in [-0.3, -0.25) is 4.79 Å². The lowest BCUT2D eigenvalue weighted by atomic mass is 9.94. The second-order valence-electron chi connectivity index (χ2n) is 5.88. The lowest BCUT2D eigenvalue weighted by Gasteiger charge is -2.33. The highest BCUT2D eigenvalue weighted by molar-refractivity contribution is 5.92. The van der Waals surface area contributed by atoms with Crippen LogP contribution >= 0.6 is 0 Å². The van der Waals surface area contributed by atoms with Gasteiger partial charge in [0, 0.05) is 6.42 Å². The predicted octanol–water partition coefficient (Wildman–Crippen LogP) is 2.83.